The van der Waals surface area contributed by atoms with E-state index in [0.717, 1.165) is 31.6 Å². The van der Waals surface area contributed by atoms with Crippen LogP contribution in [0.5, 0.6) is 0 Å². The Morgan fingerprint density at radius 1 is 1.14 bits per heavy atom. The Bertz CT molecular complexity index is 505. The van der Waals surface area contributed by atoms with Crippen LogP contribution in [0.4, 0.5) is 10.5 Å². The fraction of sp³-hybridized carbons (Fsp3) is 0.500. The fourth-order valence-electron chi connectivity index (χ4n) is 2.70. The number of carbonyl (C=O) groups excluding carboxylic acids is 1. The van der Waals surface area contributed by atoms with Crippen molar-refractivity contribution in [1.29, 1.82) is 0 Å². The van der Waals surface area contributed by atoms with Crippen molar-refractivity contribution >= 4 is 17.7 Å². The molecule has 0 saturated heterocycles. The average molecular weight is 290 g/mol. The summed E-state index contributed by atoms with van der Waals surface area (Å²) in [7, 11) is 1.82. The zero-order valence-electron chi connectivity index (χ0n) is 12.5. The number of rotatable bonds is 3. The second-order valence-corrected chi connectivity index (χ2v) is 5.84. The van der Waals surface area contributed by atoms with Gasteiger partial charge in [-0.05, 0) is 55.9 Å². The topological polar surface area (TPSA) is 69.6 Å². The minimum Gasteiger partial charge on any atom is -0.478 e. The van der Waals surface area contributed by atoms with Crippen molar-refractivity contribution in [1.82, 2.24) is 4.90 Å². The Morgan fingerprint density at radius 2 is 1.71 bits per heavy atom. The number of amides is 2. The molecule has 0 atom stereocenters. The van der Waals surface area contributed by atoms with Crippen molar-refractivity contribution in [2.75, 3.05) is 12.4 Å². The van der Waals surface area contributed by atoms with Crippen LogP contribution in [0.3, 0.4) is 0 Å². The summed E-state index contributed by atoms with van der Waals surface area (Å²) in [6.45, 7) is 2.25. The van der Waals surface area contributed by atoms with Gasteiger partial charge in [-0.25, -0.2) is 9.59 Å². The number of carboxylic acid groups (broad SMARTS) is 1. The first-order chi connectivity index (χ1) is 9.97. The lowest BCUT2D eigenvalue weighted by Crippen LogP contribution is -2.41. The molecule has 1 saturated carbocycles. The van der Waals surface area contributed by atoms with Crippen molar-refractivity contribution in [2.45, 2.75) is 38.6 Å². The van der Waals surface area contributed by atoms with Crippen molar-refractivity contribution in [3.8, 4) is 0 Å². The molecule has 0 unspecified atom stereocenters. The maximum atomic E-state index is 12.2. The van der Waals surface area contributed by atoms with Gasteiger partial charge in [0.25, 0.3) is 0 Å². The smallest absolute Gasteiger partial charge is 0.335 e. The average Bonchev–Trinajstić information content (AvgIpc) is 2.47. The molecule has 0 heterocycles. The predicted molar refractivity (Wildman–Crippen MR) is 81.6 cm³/mol. The first kappa shape index (κ1) is 15.4. The number of carbonyl (C=O) groups is 2. The van der Waals surface area contributed by atoms with E-state index in [1.165, 1.54) is 12.1 Å². The molecule has 1 aromatic rings. The summed E-state index contributed by atoms with van der Waals surface area (Å²) in [6.07, 6.45) is 4.41. The first-order valence-corrected chi connectivity index (χ1v) is 7.34. The molecule has 114 valence electrons. The fourth-order valence-corrected chi connectivity index (χ4v) is 2.70. The van der Waals surface area contributed by atoms with Crippen LogP contribution in [-0.4, -0.2) is 35.1 Å². The third kappa shape index (κ3) is 3.97. The Balaban J connectivity index is 1.92. The van der Waals surface area contributed by atoms with Gasteiger partial charge >= 0.3 is 12.0 Å². The summed E-state index contributed by atoms with van der Waals surface area (Å²) >= 11 is 0. The molecule has 0 aromatic heterocycles. The molecule has 21 heavy (non-hydrogen) atoms. The van der Waals surface area contributed by atoms with Crippen LogP contribution in [0.1, 0.15) is 43.0 Å². The Hall–Kier alpha value is -2.04. The Labute approximate surface area is 125 Å². The summed E-state index contributed by atoms with van der Waals surface area (Å²) in [5, 5.41) is 11.7. The number of hydrogen-bond acceptors (Lipinski definition) is 2. The number of nitrogens with zero attached hydrogens (tertiary/aromatic N) is 1. The van der Waals surface area contributed by atoms with Gasteiger partial charge in [-0.3, -0.25) is 0 Å². The highest BCUT2D eigenvalue weighted by molar-refractivity contribution is 5.91. The highest BCUT2D eigenvalue weighted by Gasteiger charge is 2.24. The zero-order valence-corrected chi connectivity index (χ0v) is 12.5. The molecule has 0 aliphatic heterocycles. The summed E-state index contributed by atoms with van der Waals surface area (Å²) in [5.41, 5.74) is 0.823. The lowest BCUT2D eigenvalue weighted by atomic mass is 9.87. The zero-order chi connectivity index (χ0) is 15.4. The van der Waals surface area contributed by atoms with E-state index in [9.17, 15) is 9.59 Å². The number of urea groups is 1. The van der Waals surface area contributed by atoms with Gasteiger partial charge in [0, 0.05) is 18.8 Å². The number of carboxylic acids is 1. The molecular weight excluding hydrogens is 268 g/mol. The summed E-state index contributed by atoms with van der Waals surface area (Å²) in [4.78, 5) is 24.8. The van der Waals surface area contributed by atoms with Gasteiger partial charge in [0.05, 0.1) is 5.56 Å². The van der Waals surface area contributed by atoms with Gasteiger partial charge in [-0.1, -0.05) is 6.92 Å². The van der Waals surface area contributed by atoms with E-state index in [-0.39, 0.29) is 11.6 Å². The third-order valence-corrected chi connectivity index (χ3v) is 4.24. The molecule has 0 bridgehead atoms. The Morgan fingerprint density at radius 3 is 2.24 bits per heavy atom. The molecule has 2 N–H and O–H groups in total. The minimum absolute atomic E-state index is 0.141. The third-order valence-electron chi connectivity index (χ3n) is 4.24. The van der Waals surface area contributed by atoms with Crippen molar-refractivity contribution in [3.63, 3.8) is 0 Å². The molecule has 1 fully saturated rings. The highest BCUT2D eigenvalue weighted by atomic mass is 16.4. The van der Waals surface area contributed by atoms with Crippen molar-refractivity contribution < 1.29 is 14.7 Å². The molecule has 0 radical (unpaired) electrons. The first-order valence-electron chi connectivity index (χ1n) is 7.34. The van der Waals surface area contributed by atoms with Crippen LogP contribution in [0, 0.1) is 5.92 Å². The normalized spacial score (nSPS) is 21.6. The summed E-state index contributed by atoms with van der Waals surface area (Å²) in [6, 6.07) is 6.34. The van der Waals surface area contributed by atoms with Crippen LogP contribution in [0.2, 0.25) is 0 Å². The van der Waals surface area contributed by atoms with Gasteiger partial charge in [0.1, 0.15) is 0 Å². The molecule has 1 aliphatic rings. The van der Waals surface area contributed by atoms with E-state index in [1.807, 2.05) is 7.05 Å². The van der Waals surface area contributed by atoms with Gasteiger partial charge in [-0.15, -0.1) is 0 Å². The van der Waals surface area contributed by atoms with Crippen molar-refractivity contribution in [2.24, 2.45) is 5.92 Å². The number of anilines is 1. The van der Waals surface area contributed by atoms with Crippen LogP contribution >= 0.6 is 0 Å². The van der Waals surface area contributed by atoms with E-state index >= 15 is 0 Å². The molecule has 2 amide bonds. The molecular formula is C16H22N2O3. The van der Waals surface area contributed by atoms with Gasteiger partial charge in [0.2, 0.25) is 0 Å². The largest absolute Gasteiger partial charge is 0.478 e. The van der Waals surface area contributed by atoms with E-state index < -0.39 is 5.97 Å². The predicted octanol–water partition coefficient (Wildman–Crippen LogP) is 3.43. The van der Waals surface area contributed by atoms with E-state index in [0.29, 0.717) is 11.7 Å². The maximum absolute atomic E-state index is 12.2. The second-order valence-electron chi connectivity index (χ2n) is 5.84. The number of nitrogens with one attached hydrogen (secondary N) is 1. The molecule has 1 aromatic carbocycles. The summed E-state index contributed by atoms with van der Waals surface area (Å²) < 4.78 is 0. The van der Waals surface area contributed by atoms with E-state index in [1.54, 1.807) is 17.0 Å². The van der Waals surface area contributed by atoms with Crippen LogP contribution in [-0.2, 0) is 0 Å². The summed E-state index contributed by atoms with van der Waals surface area (Å²) in [5.74, 6) is -0.220. The Kier molecular flexibility index (Phi) is 4.83. The van der Waals surface area contributed by atoms with Gasteiger partial charge < -0.3 is 15.3 Å². The SMILES string of the molecule is CC1CCC(N(C)C(=O)Nc2ccc(C(=O)O)cc2)CC1. The molecule has 5 nitrogen and oxygen atoms in total. The standard InChI is InChI=1S/C16H22N2O3/c1-11-3-9-14(10-4-11)18(2)16(21)17-13-7-5-12(6-8-13)15(19)20/h5-8,11,14H,3-4,9-10H2,1-2H3,(H,17,21)(H,19,20). The lowest BCUT2D eigenvalue weighted by molar-refractivity contribution is 0.0697. The highest BCUT2D eigenvalue weighted by Crippen LogP contribution is 2.26. The molecule has 2 rings (SSSR count). The molecule has 1 aliphatic carbocycles. The minimum atomic E-state index is -0.971. The van der Waals surface area contributed by atoms with Crippen LogP contribution in [0.15, 0.2) is 24.3 Å². The number of aromatic carboxylic acids is 1. The number of hydrogen-bond donors (Lipinski definition) is 2. The van der Waals surface area contributed by atoms with E-state index in [2.05, 4.69) is 12.2 Å². The number of benzene rings is 1. The molecule has 0 spiro atoms. The maximum Gasteiger partial charge on any atom is 0.335 e. The monoisotopic (exact) mass is 290 g/mol. The van der Waals surface area contributed by atoms with Crippen molar-refractivity contribution in [3.05, 3.63) is 29.8 Å². The quantitative estimate of drug-likeness (QED) is 0.896. The van der Waals surface area contributed by atoms with Crippen LogP contribution < -0.4 is 5.32 Å². The van der Waals surface area contributed by atoms with Crippen LogP contribution in [0.25, 0.3) is 0 Å². The van der Waals surface area contributed by atoms with E-state index in [4.69, 9.17) is 5.11 Å². The van der Waals surface area contributed by atoms with Gasteiger partial charge in [0.15, 0.2) is 0 Å². The molecule has 5 heteroatoms. The second kappa shape index (κ2) is 6.61. The lowest BCUT2D eigenvalue weighted by Gasteiger charge is -2.33. The van der Waals surface area contributed by atoms with Gasteiger partial charge in [-0.2, -0.15) is 0 Å².